The predicted octanol–water partition coefficient (Wildman–Crippen LogP) is 2.16. The summed E-state index contributed by atoms with van der Waals surface area (Å²) >= 11 is 0. The molecule has 1 unspecified atom stereocenters. The van der Waals surface area contributed by atoms with Gasteiger partial charge >= 0.3 is 0 Å². The molecule has 0 amide bonds. The van der Waals surface area contributed by atoms with E-state index in [-0.39, 0.29) is 5.41 Å². The molecule has 0 N–H and O–H groups in total. The molecule has 0 saturated heterocycles. The third kappa shape index (κ3) is 1.00. The Labute approximate surface area is 56.4 Å². The van der Waals surface area contributed by atoms with E-state index in [4.69, 9.17) is 0 Å². The molecule has 1 heteroatoms. The van der Waals surface area contributed by atoms with Crippen molar-refractivity contribution in [2.75, 3.05) is 0 Å². The lowest BCUT2D eigenvalue weighted by Crippen LogP contribution is -2.37. The summed E-state index contributed by atoms with van der Waals surface area (Å²) in [6.07, 6.45) is 4.18. The number of Topliss-reactive ketones (excluding diaryl/α,β-unsaturated/α-hetero) is 1. The SMILES string of the molecule is CCCC1(C)CCC1=O. The Balaban J connectivity index is 2.43. The van der Waals surface area contributed by atoms with Crippen LogP contribution in [0.4, 0.5) is 0 Å². The van der Waals surface area contributed by atoms with Crippen LogP contribution < -0.4 is 0 Å². The van der Waals surface area contributed by atoms with Crippen molar-refractivity contribution in [3.63, 3.8) is 0 Å². The van der Waals surface area contributed by atoms with E-state index in [0.29, 0.717) is 5.78 Å². The standard InChI is InChI=1S/C8H14O/c1-3-5-8(2)6-4-7(8)9/h3-6H2,1-2H3. The molecule has 52 valence electrons. The van der Waals surface area contributed by atoms with E-state index in [2.05, 4.69) is 13.8 Å². The van der Waals surface area contributed by atoms with E-state index in [1.54, 1.807) is 0 Å². The van der Waals surface area contributed by atoms with E-state index >= 15 is 0 Å². The quantitative estimate of drug-likeness (QED) is 0.554. The molecule has 0 spiro atoms. The van der Waals surface area contributed by atoms with Crippen molar-refractivity contribution in [1.29, 1.82) is 0 Å². The molecule has 0 aromatic rings. The molecule has 1 nitrogen and oxygen atoms in total. The largest absolute Gasteiger partial charge is 0.299 e. The van der Waals surface area contributed by atoms with E-state index in [1.807, 2.05) is 0 Å². The van der Waals surface area contributed by atoms with Crippen molar-refractivity contribution >= 4 is 5.78 Å². The van der Waals surface area contributed by atoms with Gasteiger partial charge < -0.3 is 0 Å². The molecule has 1 aliphatic carbocycles. The maximum Gasteiger partial charge on any atom is 0.138 e. The first kappa shape index (κ1) is 6.79. The second-order valence-electron chi connectivity index (χ2n) is 3.23. The third-order valence-electron chi connectivity index (χ3n) is 2.38. The van der Waals surface area contributed by atoms with Crippen molar-refractivity contribution in [3.05, 3.63) is 0 Å². The van der Waals surface area contributed by atoms with Gasteiger partial charge in [-0.3, -0.25) is 4.79 Å². The van der Waals surface area contributed by atoms with Gasteiger partial charge in [0.25, 0.3) is 0 Å². The van der Waals surface area contributed by atoms with Gasteiger partial charge in [0.05, 0.1) is 0 Å². The fourth-order valence-corrected chi connectivity index (χ4v) is 1.47. The molecule has 1 fully saturated rings. The van der Waals surface area contributed by atoms with Crippen molar-refractivity contribution in [2.24, 2.45) is 5.41 Å². The molecule has 0 radical (unpaired) electrons. The van der Waals surface area contributed by atoms with Crippen LogP contribution in [0.5, 0.6) is 0 Å². The molecule has 0 heterocycles. The smallest absolute Gasteiger partial charge is 0.138 e. The molecule has 0 bridgehead atoms. The fraction of sp³-hybridized carbons (Fsp3) is 0.875. The summed E-state index contributed by atoms with van der Waals surface area (Å²) in [6.45, 7) is 4.22. The van der Waals surface area contributed by atoms with Gasteiger partial charge in [0.15, 0.2) is 0 Å². The minimum Gasteiger partial charge on any atom is -0.299 e. The molecule has 1 aliphatic rings. The Morgan fingerprint density at radius 2 is 2.33 bits per heavy atom. The normalized spacial score (nSPS) is 34.2. The number of ketones is 1. The summed E-state index contributed by atoms with van der Waals surface area (Å²) in [5.41, 5.74) is 0.0920. The molecule has 1 atom stereocenters. The average Bonchev–Trinajstić information content (AvgIpc) is 1.86. The lowest BCUT2D eigenvalue weighted by atomic mass is 9.66. The van der Waals surface area contributed by atoms with Gasteiger partial charge in [-0.15, -0.1) is 0 Å². The fourth-order valence-electron chi connectivity index (χ4n) is 1.47. The summed E-state index contributed by atoms with van der Waals surface area (Å²) in [4.78, 5) is 10.9. The highest BCUT2D eigenvalue weighted by Gasteiger charge is 2.39. The van der Waals surface area contributed by atoms with Crippen LogP contribution in [0.25, 0.3) is 0 Å². The first-order valence-electron chi connectivity index (χ1n) is 3.72. The van der Waals surface area contributed by atoms with Crippen molar-refractivity contribution in [2.45, 2.75) is 39.5 Å². The van der Waals surface area contributed by atoms with Gasteiger partial charge in [0.1, 0.15) is 5.78 Å². The van der Waals surface area contributed by atoms with Gasteiger partial charge in [-0.05, 0) is 12.8 Å². The summed E-state index contributed by atoms with van der Waals surface area (Å²) in [5.74, 6) is 0.476. The number of carbonyl (C=O) groups is 1. The zero-order chi connectivity index (χ0) is 6.91. The first-order valence-corrected chi connectivity index (χ1v) is 3.72. The topological polar surface area (TPSA) is 17.1 Å². The van der Waals surface area contributed by atoms with Crippen molar-refractivity contribution in [1.82, 2.24) is 0 Å². The summed E-state index contributed by atoms with van der Waals surface area (Å²) < 4.78 is 0. The Kier molecular flexibility index (Phi) is 1.60. The minimum atomic E-state index is 0.0920. The minimum absolute atomic E-state index is 0.0920. The third-order valence-corrected chi connectivity index (χ3v) is 2.38. The Bertz CT molecular complexity index is 129. The molecular weight excluding hydrogens is 112 g/mol. The van der Waals surface area contributed by atoms with E-state index in [9.17, 15) is 4.79 Å². The van der Waals surface area contributed by atoms with Crippen LogP contribution in [-0.4, -0.2) is 5.78 Å². The van der Waals surface area contributed by atoms with Gasteiger partial charge in [0, 0.05) is 11.8 Å². The molecular formula is C8H14O. The van der Waals surface area contributed by atoms with Crippen LogP contribution in [-0.2, 0) is 4.79 Å². The Morgan fingerprint density at radius 3 is 2.44 bits per heavy atom. The van der Waals surface area contributed by atoms with Crippen LogP contribution in [0, 0.1) is 5.41 Å². The Hall–Kier alpha value is -0.330. The number of rotatable bonds is 2. The first-order chi connectivity index (χ1) is 4.19. The summed E-state index contributed by atoms with van der Waals surface area (Å²) in [6, 6.07) is 0. The van der Waals surface area contributed by atoms with Gasteiger partial charge in [0.2, 0.25) is 0 Å². The molecule has 1 rings (SSSR count). The summed E-state index contributed by atoms with van der Waals surface area (Å²) in [5, 5.41) is 0. The second-order valence-corrected chi connectivity index (χ2v) is 3.23. The number of carbonyl (C=O) groups excluding carboxylic acids is 1. The highest BCUT2D eigenvalue weighted by atomic mass is 16.1. The van der Waals surface area contributed by atoms with Crippen molar-refractivity contribution < 1.29 is 4.79 Å². The van der Waals surface area contributed by atoms with Crippen LogP contribution in [0.15, 0.2) is 0 Å². The van der Waals surface area contributed by atoms with Gasteiger partial charge in [-0.25, -0.2) is 0 Å². The molecule has 1 saturated carbocycles. The molecule has 0 aliphatic heterocycles. The predicted molar refractivity (Wildman–Crippen MR) is 37.3 cm³/mol. The second kappa shape index (κ2) is 2.13. The van der Waals surface area contributed by atoms with Crippen molar-refractivity contribution in [3.8, 4) is 0 Å². The number of hydrogen-bond donors (Lipinski definition) is 0. The lowest BCUT2D eigenvalue weighted by Gasteiger charge is -2.36. The number of hydrogen-bond acceptors (Lipinski definition) is 1. The van der Waals surface area contributed by atoms with Gasteiger partial charge in [-0.2, -0.15) is 0 Å². The summed E-state index contributed by atoms with van der Waals surface area (Å²) in [7, 11) is 0. The van der Waals surface area contributed by atoms with E-state index in [0.717, 1.165) is 25.7 Å². The zero-order valence-electron chi connectivity index (χ0n) is 6.24. The van der Waals surface area contributed by atoms with Gasteiger partial charge in [-0.1, -0.05) is 20.3 Å². The maximum absolute atomic E-state index is 10.9. The lowest BCUT2D eigenvalue weighted by molar-refractivity contribution is -0.137. The zero-order valence-corrected chi connectivity index (χ0v) is 6.24. The molecule has 9 heavy (non-hydrogen) atoms. The highest BCUT2D eigenvalue weighted by molar-refractivity contribution is 5.89. The van der Waals surface area contributed by atoms with E-state index < -0.39 is 0 Å². The van der Waals surface area contributed by atoms with Crippen LogP contribution in [0.3, 0.4) is 0 Å². The van der Waals surface area contributed by atoms with Crippen LogP contribution in [0.1, 0.15) is 39.5 Å². The molecule has 0 aromatic heterocycles. The molecule has 0 aromatic carbocycles. The average molecular weight is 126 g/mol. The Morgan fingerprint density at radius 1 is 1.67 bits per heavy atom. The maximum atomic E-state index is 10.9. The highest BCUT2D eigenvalue weighted by Crippen LogP contribution is 2.40. The van der Waals surface area contributed by atoms with E-state index in [1.165, 1.54) is 0 Å². The van der Waals surface area contributed by atoms with Crippen LogP contribution in [0.2, 0.25) is 0 Å². The van der Waals surface area contributed by atoms with Crippen LogP contribution >= 0.6 is 0 Å². The monoisotopic (exact) mass is 126 g/mol.